The van der Waals surface area contributed by atoms with Crippen molar-refractivity contribution < 1.29 is 22.3 Å². The average molecular weight is 498 g/mol. The van der Waals surface area contributed by atoms with Crippen LogP contribution in [0.1, 0.15) is 44.1 Å². The number of rotatable bonds is 12. The summed E-state index contributed by atoms with van der Waals surface area (Å²) in [5.41, 5.74) is 0.319. The molecule has 0 aromatic heterocycles. The molecule has 7 nitrogen and oxygen atoms in total. The second kappa shape index (κ2) is 13.0. The van der Waals surface area contributed by atoms with Gasteiger partial charge in [-0.3, -0.25) is 4.79 Å². The number of ether oxygens (including phenoxy) is 1. The zero-order valence-electron chi connectivity index (χ0n) is 20.6. The lowest BCUT2D eigenvalue weighted by Crippen LogP contribution is -2.37. The van der Waals surface area contributed by atoms with E-state index in [4.69, 9.17) is 4.74 Å². The van der Waals surface area contributed by atoms with Crippen molar-refractivity contribution in [2.45, 2.75) is 50.1 Å². The standard InChI is InChI=1S/C25H40FN3O4S/c1-27(18-21-8-10-22(11-9-21)19-29-12-3-4-13-29)25(30)20-33-15-14-28(2)34(31,32)24-7-5-6-23(16-24)17-26/h5-7,16,21-22H,3-4,8-15,17-20H2,1-2H3. The number of nitrogens with zero attached hydrogens (tertiary/aromatic N) is 3. The molecule has 1 aliphatic carbocycles. The van der Waals surface area contributed by atoms with Crippen LogP contribution in [-0.2, 0) is 26.2 Å². The van der Waals surface area contributed by atoms with Crippen molar-refractivity contribution in [2.24, 2.45) is 11.8 Å². The van der Waals surface area contributed by atoms with Gasteiger partial charge in [-0.2, -0.15) is 4.31 Å². The van der Waals surface area contributed by atoms with Crippen molar-refractivity contribution in [3.8, 4) is 0 Å². The molecule has 0 unspecified atom stereocenters. The summed E-state index contributed by atoms with van der Waals surface area (Å²) in [6, 6.07) is 5.86. The van der Waals surface area contributed by atoms with E-state index in [1.54, 1.807) is 11.0 Å². The van der Waals surface area contributed by atoms with Gasteiger partial charge in [-0.25, -0.2) is 12.8 Å². The third-order valence-corrected chi connectivity index (χ3v) is 9.03. The first kappa shape index (κ1) is 27.0. The number of sulfonamides is 1. The van der Waals surface area contributed by atoms with E-state index in [9.17, 15) is 17.6 Å². The normalized spacial score (nSPS) is 21.8. The third-order valence-electron chi connectivity index (χ3n) is 7.18. The van der Waals surface area contributed by atoms with E-state index in [1.807, 2.05) is 7.05 Å². The van der Waals surface area contributed by atoms with Gasteiger partial charge in [0, 0.05) is 33.7 Å². The summed E-state index contributed by atoms with van der Waals surface area (Å²) in [7, 11) is -0.463. The van der Waals surface area contributed by atoms with E-state index in [-0.39, 0.29) is 30.6 Å². The highest BCUT2D eigenvalue weighted by atomic mass is 32.2. The molecule has 1 saturated carbocycles. The first-order valence-electron chi connectivity index (χ1n) is 12.4. The van der Waals surface area contributed by atoms with Crippen LogP contribution in [-0.4, -0.2) is 88.5 Å². The second-order valence-corrected chi connectivity index (χ2v) is 11.9. The molecule has 0 spiro atoms. The maximum atomic E-state index is 12.9. The van der Waals surface area contributed by atoms with Crippen LogP contribution in [0.5, 0.6) is 0 Å². The smallest absolute Gasteiger partial charge is 0.248 e. The Balaban J connectivity index is 1.32. The van der Waals surface area contributed by atoms with E-state index < -0.39 is 16.7 Å². The molecule has 1 amide bonds. The molecule has 0 N–H and O–H groups in total. The highest BCUT2D eigenvalue weighted by Crippen LogP contribution is 2.30. The van der Waals surface area contributed by atoms with Gasteiger partial charge < -0.3 is 14.5 Å². The third kappa shape index (κ3) is 7.73. The number of hydrogen-bond donors (Lipinski definition) is 0. The lowest BCUT2D eigenvalue weighted by atomic mass is 9.81. The summed E-state index contributed by atoms with van der Waals surface area (Å²) in [5.74, 6) is 1.26. The van der Waals surface area contributed by atoms with Crippen LogP contribution in [0.25, 0.3) is 0 Å². The van der Waals surface area contributed by atoms with Crippen LogP contribution in [0.4, 0.5) is 4.39 Å². The van der Waals surface area contributed by atoms with Gasteiger partial charge >= 0.3 is 0 Å². The van der Waals surface area contributed by atoms with Crippen molar-refractivity contribution in [3.05, 3.63) is 29.8 Å². The summed E-state index contributed by atoms with van der Waals surface area (Å²) >= 11 is 0. The molecule has 1 aromatic rings. The fourth-order valence-electron chi connectivity index (χ4n) is 4.97. The molecular formula is C25H40FN3O4S. The van der Waals surface area contributed by atoms with Crippen molar-refractivity contribution in [1.29, 1.82) is 0 Å². The maximum Gasteiger partial charge on any atom is 0.248 e. The van der Waals surface area contributed by atoms with E-state index in [1.165, 1.54) is 87.7 Å². The fourth-order valence-corrected chi connectivity index (χ4v) is 6.19. The zero-order chi connectivity index (χ0) is 24.6. The van der Waals surface area contributed by atoms with Crippen LogP contribution in [0, 0.1) is 11.8 Å². The van der Waals surface area contributed by atoms with Crippen LogP contribution < -0.4 is 0 Å². The number of amides is 1. The summed E-state index contributed by atoms with van der Waals surface area (Å²) in [6.07, 6.45) is 7.51. The van der Waals surface area contributed by atoms with Gasteiger partial charge in [-0.15, -0.1) is 0 Å². The molecule has 0 bridgehead atoms. The summed E-state index contributed by atoms with van der Waals surface area (Å²) in [4.78, 5) is 16.9. The molecule has 1 saturated heterocycles. The monoisotopic (exact) mass is 497 g/mol. The lowest BCUT2D eigenvalue weighted by molar-refractivity contribution is -0.135. The minimum absolute atomic E-state index is 0.0520. The predicted octanol–water partition coefficient (Wildman–Crippen LogP) is 3.15. The Bertz CT molecular complexity index is 884. The Morgan fingerprint density at radius 2 is 1.79 bits per heavy atom. The van der Waals surface area contributed by atoms with Crippen LogP contribution in [0.2, 0.25) is 0 Å². The minimum atomic E-state index is -3.73. The molecule has 0 radical (unpaired) electrons. The minimum Gasteiger partial charge on any atom is -0.370 e. The maximum absolute atomic E-state index is 12.9. The van der Waals surface area contributed by atoms with Crippen molar-refractivity contribution in [2.75, 3.05) is 60.0 Å². The van der Waals surface area contributed by atoms with Gasteiger partial charge in [0.25, 0.3) is 0 Å². The molecule has 1 heterocycles. The van der Waals surface area contributed by atoms with Gasteiger partial charge in [0.1, 0.15) is 13.3 Å². The molecule has 0 atom stereocenters. The molecule has 9 heteroatoms. The van der Waals surface area contributed by atoms with Crippen molar-refractivity contribution in [1.82, 2.24) is 14.1 Å². The van der Waals surface area contributed by atoms with Gasteiger partial charge in [0.05, 0.1) is 11.5 Å². The van der Waals surface area contributed by atoms with Crippen molar-refractivity contribution >= 4 is 15.9 Å². The quantitative estimate of drug-likeness (QED) is 0.415. The number of halogens is 1. The lowest BCUT2D eigenvalue weighted by Gasteiger charge is -2.33. The largest absolute Gasteiger partial charge is 0.370 e. The molecule has 34 heavy (non-hydrogen) atoms. The van der Waals surface area contributed by atoms with Gasteiger partial charge in [0.2, 0.25) is 15.9 Å². The molecule has 2 aliphatic rings. The van der Waals surface area contributed by atoms with Gasteiger partial charge in [0.15, 0.2) is 0 Å². The predicted molar refractivity (Wildman–Crippen MR) is 131 cm³/mol. The number of hydrogen-bond acceptors (Lipinski definition) is 5. The molecule has 2 fully saturated rings. The number of alkyl halides is 1. The second-order valence-electron chi connectivity index (χ2n) is 9.83. The Morgan fingerprint density at radius 1 is 1.12 bits per heavy atom. The van der Waals surface area contributed by atoms with Crippen LogP contribution >= 0.6 is 0 Å². The number of likely N-dealkylation sites (N-methyl/N-ethyl adjacent to an activating group) is 2. The molecule has 192 valence electrons. The van der Waals surface area contributed by atoms with Gasteiger partial charge in [-0.1, -0.05) is 12.1 Å². The average Bonchev–Trinajstić information content (AvgIpc) is 3.35. The van der Waals surface area contributed by atoms with Crippen molar-refractivity contribution in [3.63, 3.8) is 0 Å². The topological polar surface area (TPSA) is 70.2 Å². The molecular weight excluding hydrogens is 457 g/mol. The zero-order valence-corrected chi connectivity index (χ0v) is 21.4. The number of carbonyl (C=O) groups excluding carboxylic acids is 1. The number of carbonyl (C=O) groups is 1. The highest BCUT2D eigenvalue weighted by molar-refractivity contribution is 7.89. The SMILES string of the molecule is CN(CC1CCC(CN2CCCC2)CC1)C(=O)COCCN(C)S(=O)(=O)c1cccc(CF)c1. The van der Waals surface area contributed by atoms with E-state index in [0.29, 0.717) is 11.5 Å². The number of benzene rings is 1. The first-order valence-corrected chi connectivity index (χ1v) is 13.9. The summed E-state index contributed by atoms with van der Waals surface area (Å²) < 4.78 is 44.8. The molecule has 1 aliphatic heterocycles. The summed E-state index contributed by atoms with van der Waals surface area (Å²) in [6.45, 7) is 3.94. The Morgan fingerprint density at radius 3 is 2.47 bits per heavy atom. The molecule has 3 rings (SSSR count). The van der Waals surface area contributed by atoms with Crippen LogP contribution in [0.3, 0.4) is 0 Å². The van der Waals surface area contributed by atoms with Gasteiger partial charge in [-0.05, 0) is 81.1 Å². The van der Waals surface area contributed by atoms with Crippen LogP contribution in [0.15, 0.2) is 29.2 Å². The number of likely N-dealkylation sites (tertiary alicyclic amines) is 1. The summed E-state index contributed by atoms with van der Waals surface area (Å²) in [5, 5.41) is 0. The highest BCUT2D eigenvalue weighted by Gasteiger charge is 2.26. The van der Waals surface area contributed by atoms with E-state index >= 15 is 0 Å². The van der Waals surface area contributed by atoms with E-state index in [0.717, 1.165) is 12.5 Å². The Kier molecular flexibility index (Phi) is 10.3. The van der Waals surface area contributed by atoms with E-state index in [2.05, 4.69) is 4.90 Å². The Hall–Kier alpha value is -1.55. The first-order chi connectivity index (χ1) is 16.3. The Labute approximate surface area is 204 Å². The fraction of sp³-hybridized carbons (Fsp3) is 0.720. The molecule has 1 aromatic carbocycles.